The Morgan fingerprint density at radius 2 is 1.36 bits per heavy atom. The molecule has 0 aromatic heterocycles. The lowest BCUT2D eigenvalue weighted by atomic mass is 10.0. The molecule has 14 heavy (non-hydrogen) atoms. The van der Waals surface area contributed by atoms with Gasteiger partial charge in [0.25, 0.3) is 0 Å². The molecule has 1 aromatic carbocycles. The molecule has 1 N–H and O–H groups in total. The monoisotopic (exact) mass is 194 g/mol. The highest BCUT2D eigenvalue weighted by atomic mass is 16.3. The van der Waals surface area contributed by atoms with Crippen molar-refractivity contribution < 1.29 is 5.11 Å². The van der Waals surface area contributed by atoms with Crippen LogP contribution in [0.1, 0.15) is 43.9 Å². The molecule has 0 spiro atoms. The smallest absolute Gasteiger partial charge is 0.121 e. The van der Waals surface area contributed by atoms with Gasteiger partial charge < -0.3 is 5.11 Å². The Kier molecular flexibility index (Phi) is 6.02. The van der Waals surface area contributed by atoms with Crippen molar-refractivity contribution in [3.63, 3.8) is 0 Å². The topological polar surface area (TPSA) is 20.2 Å². The van der Waals surface area contributed by atoms with Crippen LogP contribution >= 0.6 is 0 Å². The van der Waals surface area contributed by atoms with Gasteiger partial charge in [0.15, 0.2) is 0 Å². The quantitative estimate of drug-likeness (QED) is 0.716. The largest absolute Gasteiger partial charge is 0.507 e. The van der Waals surface area contributed by atoms with Gasteiger partial charge in [-0.15, -0.1) is 0 Å². The maximum Gasteiger partial charge on any atom is 0.121 e. The third kappa shape index (κ3) is 3.82. The van der Waals surface area contributed by atoms with Crippen molar-refractivity contribution in [2.45, 2.75) is 47.5 Å². The summed E-state index contributed by atoms with van der Waals surface area (Å²) in [6.45, 7) is 10.2. The van der Waals surface area contributed by atoms with Crippen LogP contribution in [0.2, 0.25) is 0 Å². The molecule has 0 saturated carbocycles. The zero-order valence-corrected chi connectivity index (χ0v) is 10.0. The van der Waals surface area contributed by atoms with E-state index in [1.807, 2.05) is 26.0 Å². The van der Waals surface area contributed by atoms with E-state index in [2.05, 4.69) is 20.8 Å². The summed E-state index contributed by atoms with van der Waals surface area (Å²) in [6.07, 6.45) is 2.28. The molecular formula is C13H22O. The second kappa shape index (κ2) is 6.47. The lowest BCUT2D eigenvalue weighted by Gasteiger charge is -2.05. The summed E-state index contributed by atoms with van der Waals surface area (Å²) in [7, 11) is 0. The van der Waals surface area contributed by atoms with E-state index in [-0.39, 0.29) is 0 Å². The van der Waals surface area contributed by atoms with Crippen molar-refractivity contribution >= 4 is 0 Å². The van der Waals surface area contributed by atoms with Crippen LogP contribution in [0.4, 0.5) is 0 Å². The minimum Gasteiger partial charge on any atom is -0.507 e. The van der Waals surface area contributed by atoms with Crippen molar-refractivity contribution in [1.29, 1.82) is 0 Å². The summed E-state index contributed by atoms with van der Waals surface area (Å²) in [4.78, 5) is 0. The lowest BCUT2D eigenvalue weighted by Crippen LogP contribution is -1.85. The molecule has 80 valence electrons. The number of hydrogen-bond acceptors (Lipinski definition) is 1. The molecule has 0 aliphatic rings. The van der Waals surface area contributed by atoms with Gasteiger partial charge in [-0.25, -0.2) is 0 Å². The average molecular weight is 194 g/mol. The van der Waals surface area contributed by atoms with Gasteiger partial charge in [-0.3, -0.25) is 0 Å². The minimum absolute atomic E-state index is 0.433. The highest BCUT2D eigenvalue weighted by Gasteiger charge is 2.00. The molecule has 0 fully saturated rings. The highest BCUT2D eigenvalue weighted by molar-refractivity contribution is 5.41. The number of hydrogen-bond donors (Lipinski definition) is 1. The molecule has 0 saturated heterocycles. The molecule has 1 heteroatoms. The van der Waals surface area contributed by atoms with Gasteiger partial charge in [0.2, 0.25) is 0 Å². The van der Waals surface area contributed by atoms with Crippen molar-refractivity contribution in [3.05, 3.63) is 28.8 Å². The Balaban J connectivity index is 0.000000500. The fraction of sp³-hybridized carbons (Fsp3) is 0.538. The number of aryl methyl sites for hydroxylation is 3. The second-order valence-electron chi connectivity index (χ2n) is 3.64. The average Bonchev–Trinajstić information content (AvgIpc) is 2.14. The van der Waals surface area contributed by atoms with Crippen molar-refractivity contribution in [3.8, 4) is 5.75 Å². The third-order valence-electron chi connectivity index (χ3n) is 1.96. The Hall–Kier alpha value is -0.980. The van der Waals surface area contributed by atoms with Gasteiger partial charge in [-0.1, -0.05) is 39.3 Å². The van der Waals surface area contributed by atoms with E-state index in [0.717, 1.165) is 17.5 Å². The molecule has 0 atom stereocenters. The van der Waals surface area contributed by atoms with Crippen LogP contribution in [0.5, 0.6) is 5.75 Å². The predicted octanol–water partition coefficient (Wildman–Crippen LogP) is 3.99. The van der Waals surface area contributed by atoms with Crippen molar-refractivity contribution in [2.24, 2.45) is 0 Å². The summed E-state index contributed by atoms with van der Waals surface area (Å²) in [5.74, 6) is 0.433. The van der Waals surface area contributed by atoms with Crippen LogP contribution in [0, 0.1) is 13.8 Å². The first-order valence-electron chi connectivity index (χ1n) is 5.35. The number of benzene rings is 1. The summed E-state index contributed by atoms with van der Waals surface area (Å²) in [5.41, 5.74) is 3.24. The van der Waals surface area contributed by atoms with Crippen molar-refractivity contribution in [1.82, 2.24) is 0 Å². The first kappa shape index (κ1) is 13.0. The van der Waals surface area contributed by atoms with Crippen LogP contribution in [0.15, 0.2) is 12.1 Å². The minimum atomic E-state index is 0.433. The summed E-state index contributed by atoms with van der Waals surface area (Å²) in [5, 5.41) is 9.43. The highest BCUT2D eigenvalue weighted by Crippen LogP contribution is 2.22. The van der Waals surface area contributed by atoms with Gasteiger partial charge in [-0.2, -0.15) is 0 Å². The first-order valence-corrected chi connectivity index (χ1v) is 5.35. The van der Waals surface area contributed by atoms with Crippen LogP contribution in [0.3, 0.4) is 0 Å². The first-order chi connectivity index (χ1) is 6.56. The normalized spacial score (nSPS) is 9.21. The zero-order chi connectivity index (χ0) is 11.1. The van der Waals surface area contributed by atoms with E-state index in [1.54, 1.807) is 0 Å². The summed E-state index contributed by atoms with van der Waals surface area (Å²) >= 11 is 0. The Labute approximate surface area is 87.8 Å². The Bertz CT molecular complexity index is 254. The standard InChI is InChI=1S/C10H14O.C3H8/c1-4-9-5-7(2)10(11)8(3)6-9;1-3-2/h5-6,11H,4H2,1-3H3;3H2,1-2H3. The molecule has 0 aliphatic heterocycles. The van der Waals surface area contributed by atoms with E-state index >= 15 is 0 Å². The van der Waals surface area contributed by atoms with Gasteiger partial charge in [0, 0.05) is 0 Å². The van der Waals surface area contributed by atoms with Crippen LogP contribution in [-0.4, -0.2) is 5.11 Å². The van der Waals surface area contributed by atoms with Gasteiger partial charge >= 0.3 is 0 Å². The van der Waals surface area contributed by atoms with E-state index in [4.69, 9.17) is 0 Å². The maximum absolute atomic E-state index is 9.43. The van der Waals surface area contributed by atoms with E-state index in [9.17, 15) is 5.11 Å². The van der Waals surface area contributed by atoms with E-state index < -0.39 is 0 Å². The molecule has 1 rings (SSSR count). The lowest BCUT2D eigenvalue weighted by molar-refractivity contribution is 0.466. The fourth-order valence-corrected chi connectivity index (χ4v) is 1.25. The predicted molar refractivity (Wildman–Crippen MR) is 62.9 cm³/mol. The molecule has 0 amide bonds. The number of phenols is 1. The summed E-state index contributed by atoms with van der Waals surface area (Å²) < 4.78 is 0. The fourth-order valence-electron chi connectivity index (χ4n) is 1.25. The number of rotatable bonds is 1. The molecule has 0 bridgehead atoms. The van der Waals surface area contributed by atoms with Gasteiger partial charge in [-0.05, 0) is 37.0 Å². The van der Waals surface area contributed by atoms with Crippen molar-refractivity contribution in [2.75, 3.05) is 0 Å². The molecule has 0 heterocycles. The number of aromatic hydroxyl groups is 1. The maximum atomic E-state index is 9.43. The van der Waals surface area contributed by atoms with Crippen LogP contribution < -0.4 is 0 Å². The zero-order valence-electron chi connectivity index (χ0n) is 10.0. The molecule has 0 aliphatic carbocycles. The molecule has 0 radical (unpaired) electrons. The van der Waals surface area contributed by atoms with Crippen LogP contribution in [0.25, 0.3) is 0 Å². The second-order valence-corrected chi connectivity index (χ2v) is 3.64. The molecule has 1 nitrogen and oxygen atoms in total. The molecule has 0 unspecified atom stereocenters. The summed E-state index contributed by atoms with van der Waals surface area (Å²) in [6, 6.07) is 4.06. The molecule has 1 aromatic rings. The van der Waals surface area contributed by atoms with Crippen LogP contribution in [-0.2, 0) is 6.42 Å². The SMILES string of the molecule is CCC.CCc1cc(C)c(O)c(C)c1. The van der Waals surface area contributed by atoms with E-state index in [1.165, 1.54) is 12.0 Å². The Morgan fingerprint density at radius 3 is 1.64 bits per heavy atom. The van der Waals surface area contributed by atoms with Gasteiger partial charge in [0.1, 0.15) is 5.75 Å². The Morgan fingerprint density at radius 1 is 1.00 bits per heavy atom. The number of phenolic OH excluding ortho intramolecular Hbond substituents is 1. The third-order valence-corrected chi connectivity index (χ3v) is 1.96. The van der Waals surface area contributed by atoms with Gasteiger partial charge in [0.05, 0.1) is 0 Å². The molecular weight excluding hydrogens is 172 g/mol. The van der Waals surface area contributed by atoms with E-state index in [0.29, 0.717) is 5.75 Å².